The summed E-state index contributed by atoms with van der Waals surface area (Å²) < 4.78 is 4.65. The molecule has 0 aliphatic carbocycles. The summed E-state index contributed by atoms with van der Waals surface area (Å²) >= 11 is 11.5. The Balaban J connectivity index is 2.51. The summed E-state index contributed by atoms with van der Waals surface area (Å²) in [7, 11) is 0. The average molecular weight is 249 g/mol. The lowest BCUT2D eigenvalue weighted by Gasteiger charge is -2.08. The lowest BCUT2D eigenvalue weighted by molar-refractivity contribution is 0.154. The molecule has 2 N–H and O–H groups in total. The minimum atomic E-state index is -0.552. The normalized spacial score (nSPS) is 9.53. The summed E-state index contributed by atoms with van der Waals surface area (Å²) in [6.07, 6.45) is -0.552. The smallest absolute Gasteiger partial charge is 0.425 e. The van der Waals surface area contributed by atoms with Gasteiger partial charge in [-0.2, -0.15) is 0 Å². The molecule has 0 aliphatic heterocycles. The van der Waals surface area contributed by atoms with Gasteiger partial charge >= 0.3 is 6.09 Å². The number of hydrogen-bond donors (Lipinski definition) is 2. The fourth-order valence-corrected chi connectivity index (χ4v) is 1.16. The van der Waals surface area contributed by atoms with E-state index in [1.807, 2.05) is 0 Å². The third-order valence-electron chi connectivity index (χ3n) is 1.50. The van der Waals surface area contributed by atoms with Crippen molar-refractivity contribution in [2.75, 3.05) is 12.0 Å². The Kier molecular flexibility index (Phi) is 4.52. The number of carbonyl (C=O) groups excluding carboxylic acids is 1. The van der Waals surface area contributed by atoms with Crippen LogP contribution < -0.4 is 10.9 Å². The van der Waals surface area contributed by atoms with Crippen LogP contribution in [-0.4, -0.2) is 12.7 Å². The molecule has 0 bridgehead atoms. The zero-order chi connectivity index (χ0) is 11.3. The van der Waals surface area contributed by atoms with E-state index >= 15 is 0 Å². The van der Waals surface area contributed by atoms with Gasteiger partial charge in [0.15, 0.2) is 0 Å². The molecule has 82 valence electrons. The van der Waals surface area contributed by atoms with E-state index in [0.717, 1.165) is 0 Å². The van der Waals surface area contributed by atoms with Crippen LogP contribution >= 0.6 is 23.2 Å². The molecule has 1 aromatic rings. The first kappa shape index (κ1) is 11.9. The summed E-state index contributed by atoms with van der Waals surface area (Å²) in [4.78, 5) is 10.9. The van der Waals surface area contributed by atoms with Crippen LogP contribution in [0.1, 0.15) is 6.92 Å². The number of benzene rings is 1. The van der Waals surface area contributed by atoms with Crippen molar-refractivity contribution < 1.29 is 9.53 Å². The van der Waals surface area contributed by atoms with Crippen molar-refractivity contribution in [2.45, 2.75) is 6.92 Å². The lowest BCUT2D eigenvalue weighted by atomic mass is 10.3. The second-order valence-electron chi connectivity index (χ2n) is 2.60. The molecule has 1 aromatic carbocycles. The predicted molar refractivity (Wildman–Crippen MR) is 60.2 cm³/mol. The first-order valence-corrected chi connectivity index (χ1v) is 5.03. The minimum Gasteiger partial charge on any atom is -0.449 e. The van der Waals surface area contributed by atoms with Crippen LogP contribution in [0, 0.1) is 0 Å². The zero-order valence-electron chi connectivity index (χ0n) is 8.01. The molecule has 0 saturated heterocycles. The topological polar surface area (TPSA) is 50.4 Å². The Bertz CT molecular complexity index is 358. The standard InChI is InChI=1S/C9H10Cl2N2O2/c1-2-15-9(14)13-12-6-3-4-7(10)8(11)5-6/h3-5,12H,2H2,1H3,(H,13,14). The highest BCUT2D eigenvalue weighted by Gasteiger charge is 2.01. The quantitative estimate of drug-likeness (QED) is 0.809. The first-order valence-electron chi connectivity index (χ1n) is 4.27. The number of halogens is 2. The first-order chi connectivity index (χ1) is 7.13. The summed E-state index contributed by atoms with van der Waals surface area (Å²) in [6.45, 7) is 2.04. The largest absolute Gasteiger partial charge is 0.449 e. The van der Waals surface area contributed by atoms with E-state index in [9.17, 15) is 4.79 Å². The molecule has 0 heterocycles. The van der Waals surface area contributed by atoms with E-state index in [1.165, 1.54) is 0 Å². The molecule has 1 amide bonds. The van der Waals surface area contributed by atoms with Gasteiger partial charge < -0.3 is 4.74 Å². The Labute approximate surface area is 97.5 Å². The van der Waals surface area contributed by atoms with Crippen molar-refractivity contribution in [3.63, 3.8) is 0 Å². The molecule has 0 unspecified atom stereocenters. The van der Waals surface area contributed by atoms with Gasteiger partial charge in [0, 0.05) is 0 Å². The summed E-state index contributed by atoms with van der Waals surface area (Å²) in [6, 6.07) is 4.90. The molecule has 0 spiro atoms. The Morgan fingerprint density at radius 3 is 2.73 bits per heavy atom. The number of hydrazine groups is 1. The second-order valence-corrected chi connectivity index (χ2v) is 3.41. The van der Waals surface area contributed by atoms with E-state index in [0.29, 0.717) is 22.3 Å². The third-order valence-corrected chi connectivity index (χ3v) is 2.24. The Hall–Kier alpha value is -1.13. The molecule has 0 aromatic heterocycles. The molecule has 6 heteroatoms. The highest BCUT2D eigenvalue weighted by Crippen LogP contribution is 2.24. The number of hydrogen-bond acceptors (Lipinski definition) is 3. The van der Waals surface area contributed by atoms with Crippen LogP contribution in [0.15, 0.2) is 18.2 Å². The van der Waals surface area contributed by atoms with Gasteiger partial charge in [-0.3, -0.25) is 5.43 Å². The Morgan fingerprint density at radius 1 is 1.40 bits per heavy atom. The lowest BCUT2D eigenvalue weighted by Crippen LogP contribution is -2.29. The van der Waals surface area contributed by atoms with Crippen LogP contribution in [0.2, 0.25) is 10.0 Å². The van der Waals surface area contributed by atoms with Gasteiger partial charge in [-0.05, 0) is 25.1 Å². The molecule has 4 nitrogen and oxygen atoms in total. The van der Waals surface area contributed by atoms with E-state index in [4.69, 9.17) is 23.2 Å². The number of anilines is 1. The van der Waals surface area contributed by atoms with E-state index in [-0.39, 0.29) is 0 Å². The van der Waals surface area contributed by atoms with Crippen molar-refractivity contribution in [1.29, 1.82) is 0 Å². The minimum absolute atomic E-state index is 0.314. The van der Waals surface area contributed by atoms with Crippen LogP contribution in [0.5, 0.6) is 0 Å². The number of rotatable bonds is 3. The third kappa shape index (κ3) is 3.85. The molecule has 0 atom stereocenters. The number of amides is 1. The molecule has 0 aliphatic rings. The Morgan fingerprint density at radius 2 is 2.13 bits per heavy atom. The van der Waals surface area contributed by atoms with Gasteiger partial charge in [0.25, 0.3) is 0 Å². The van der Waals surface area contributed by atoms with E-state index < -0.39 is 6.09 Å². The number of nitrogens with one attached hydrogen (secondary N) is 2. The zero-order valence-corrected chi connectivity index (χ0v) is 9.52. The molecule has 0 radical (unpaired) electrons. The monoisotopic (exact) mass is 248 g/mol. The van der Waals surface area contributed by atoms with Crippen LogP contribution in [0.25, 0.3) is 0 Å². The average Bonchev–Trinajstić information content (AvgIpc) is 2.20. The van der Waals surface area contributed by atoms with Crippen LogP contribution in [0.4, 0.5) is 10.5 Å². The van der Waals surface area contributed by atoms with Crippen molar-refractivity contribution >= 4 is 35.0 Å². The van der Waals surface area contributed by atoms with Gasteiger partial charge in [-0.25, -0.2) is 10.2 Å². The summed E-state index contributed by atoms with van der Waals surface area (Å²) in [5.41, 5.74) is 5.59. The van der Waals surface area contributed by atoms with Crippen LogP contribution in [0.3, 0.4) is 0 Å². The number of carbonyl (C=O) groups is 1. The van der Waals surface area contributed by atoms with Crippen LogP contribution in [-0.2, 0) is 4.74 Å². The predicted octanol–water partition coefficient (Wildman–Crippen LogP) is 3.07. The van der Waals surface area contributed by atoms with E-state index in [1.54, 1.807) is 25.1 Å². The summed E-state index contributed by atoms with van der Waals surface area (Å²) in [5.74, 6) is 0. The molecule has 1 rings (SSSR count). The fraction of sp³-hybridized carbons (Fsp3) is 0.222. The van der Waals surface area contributed by atoms with Gasteiger partial charge in [0.1, 0.15) is 0 Å². The molecular formula is C9H10Cl2N2O2. The maximum Gasteiger partial charge on any atom is 0.425 e. The summed E-state index contributed by atoms with van der Waals surface area (Å²) in [5, 5.41) is 0.866. The fourth-order valence-electron chi connectivity index (χ4n) is 0.864. The SMILES string of the molecule is CCOC(=O)NNc1ccc(Cl)c(Cl)c1. The number of ether oxygens (including phenoxy) is 1. The molecular weight excluding hydrogens is 239 g/mol. The van der Waals surface area contributed by atoms with Gasteiger partial charge in [0.2, 0.25) is 0 Å². The maximum atomic E-state index is 10.9. The molecule has 0 saturated carbocycles. The van der Waals surface area contributed by atoms with Crippen molar-refractivity contribution in [1.82, 2.24) is 5.43 Å². The van der Waals surface area contributed by atoms with Gasteiger partial charge in [-0.15, -0.1) is 0 Å². The highest BCUT2D eigenvalue weighted by molar-refractivity contribution is 6.42. The maximum absolute atomic E-state index is 10.9. The van der Waals surface area contributed by atoms with Crippen molar-refractivity contribution in [3.05, 3.63) is 28.2 Å². The highest BCUT2D eigenvalue weighted by atomic mass is 35.5. The van der Waals surface area contributed by atoms with Crippen molar-refractivity contribution in [3.8, 4) is 0 Å². The molecule has 0 fully saturated rings. The second kappa shape index (κ2) is 5.68. The van der Waals surface area contributed by atoms with Gasteiger partial charge in [-0.1, -0.05) is 23.2 Å². The van der Waals surface area contributed by atoms with Gasteiger partial charge in [0.05, 0.1) is 22.3 Å². The van der Waals surface area contributed by atoms with Crippen molar-refractivity contribution in [2.24, 2.45) is 0 Å². The molecule has 15 heavy (non-hydrogen) atoms. The van der Waals surface area contributed by atoms with E-state index in [2.05, 4.69) is 15.6 Å².